The molecule has 0 saturated heterocycles. The molecule has 0 aliphatic heterocycles. The Balaban J connectivity index is 2.09. The van der Waals surface area contributed by atoms with Crippen LogP contribution >= 0.6 is 0 Å². The van der Waals surface area contributed by atoms with Crippen molar-refractivity contribution < 1.29 is 0 Å². The molecule has 3 rings (SSSR count). The molecule has 1 aliphatic rings. The summed E-state index contributed by atoms with van der Waals surface area (Å²) < 4.78 is 2.14. The zero-order chi connectivity index (χ0) is 12.6. The van der Waals surface area contributed by atoms with Crippen LogP contribution in [0.25, 0.3) is 11.0 Å². The lowest BCUT2D eigenvalue weighted by Crippen LogP contribution is -2.38. The summed E-state index contributed by atoms with van der Waals surface area (Å²) in [6.45, 7) is 0. The van der Waals surface area contributed by atoms with Crippen LogP contribution < -0.4 is 5.73 Å². The molecule has 18 heavy (non-hydrogen) atoms. The first-order valence-corrected chi connectivity index (χ1v) is 6.76. The molecular formula is C14H20N4. The number of imidazole rings is 1. The zero-order valence-corrected chi connectivity index (χ0v) is 10.9. The summed E-state index contributed by atoms with van der Waals surface area (Å²) in [7, 11) is 2.06. The van der Waals surface area contributed by atoms with Gasteiger partial charge in [0.15, 0.2) is 0 Å². The van der Waals surface area contributed by atoms with Crippen molar-refractivity contribution in [2.45, 2.75) is 44.1 Å². The summed E-state index contributed by atoms with van der Waals surface area (Å²) in [6, 6.07) is 2.01. The average molecular weight is 244 g/mol. The van der Waals surface area contributed by atoms with E-state index in [0.29, 0.717) is 0 Å². The van der Waals surface area contributed by atoms with Gasteiger partial charge in [0, 0.05) is 13.2 Å². The van der Waals surface area contributed by atoms with E-state index in [-0.39, 0.29) is 5.54 Å². The summed E-state index contributed by atoms with van der Waals surface area (Å²) in [4.78, 5) is 8.86. The van der Waals surface area contributed by atoms with Crippen molar-refractivity contribution in [3.63, 3.8) is 0 Å². The second-order valence-electron chi connectivity index (χ2n) is 5.43. The molecule has 0 radical (unpaired) electrons. The monoisotopic (exact) mass is 244 g/mol. The number of nitrogens with zero attached hydrogens (tertiary/aromatic N) is 3. The summed E-state index contributed by atoms with van der Waals surface area (Å²) in [6.07, 6.45) is 10.7. The van der Waals surface area contributed by atoms with Crippen molar-refractivity contribution in [3.05, 3.63) is 24.3 Å². The van der Waals surface area contributed by atoms with Crippen LogP contribution in [0.4, 0.5) is 0 Å². The van der Waals surface area contributed by atoms with Crippen molar-refractivity contribution in [1.29, 1.82) is 0 Å². The second-order valence-corrected chi connectivity index (χ2v) is 5.43. The highest BCUT2D eigenvalue weighted by molar-refractivity contribution is 5.74. The average Bonchev–Trinajstić information content (AvgIpc) is 2.57. The van der Waals surface area contributed by atoms with Crippen molar-refractivity contribution in [2.75, 3.05) is 0 Å². The molecule has 0 bridgehead atoms. The predicted octanol–water partition coefficient (Wildman–Crippen LogP) is 2.48. The first-order valence-electron chi connectivity index (χ1n) is 6.76. The molecule has 0 spiro atoms. The van der Waals surface area contributed by atoms with Crippen LogP contribution in [0.5, 0.6) is 0 Å². The minimum Gasteiger partial charge on any atom is -0.329 e. The molecule has 2 aromatic heterocycles. The van der Waals surface area contributed by atoms with E-state index >= 15 is 0 Å². The SMILES string of the molecule is Cn1c(C2(N)CCCCCC2)nc2cnccc21. The van der Waals surface area contributed by atoms with Gasteiger partial charge in [-0.25, -0.2) is 4.98 Å². The Hall–Kier alpha value is -1.42. The van der Waals surface area contributed by atoms with Crippen molar-refractivity contribution in [3.8, 4) is 0 Å². The Labute approximate surface area is 107 Å². The fourth-order valence-electron chi connectivity index (χ4n) is 3.08. The van der Waals surface area contributed by atoms with E-state index < -0.39 is 0 Å². The molecule has 1 fully saturated rings. The Kier molecular flexibility index (Phi) is 2.82. The molecule has 4 heteroatoms. The minimum absolute atomic E-state index is 0.260. The van der Waals surface area contributed by atoms with Crippen LogP contribution in [0.2, 0.25) is 0 Å². The smallest absolute Gasteiger partial charge is 0.129 e. The standard InChI is InChI=1S/C14H20N4/c1-18-12-6-9-16-10-11(12)17-13(18)14(15)7-4-2-3-5-8-14/h6,9-10H,2-5,7-8,15H2,1H3. The number of aryl methyl sites for hydroxylation is 1. The molecule has 2 aromatic rings. The van der Waals surface area contributed by atoms with Gasteiger partial charge in [0.2, 0.25) is 0 Å². The van der Waals surface area contributed by atoms with E-state index in [1.54, 1.807) is 0 Å². The zero-order valence-electron chi connectivity index (χ0n) is 10.9. The number of pyridine rings is 1. The third-order valence-electron chi connectivity index (χ3n) is 4.12. The van der Waals surface area contributed by atoms with Crippen molar-refractivity contribution in [1.82, 2.24) is 14.5 Å². The maximum absolute atomic E-state index is 6.64. The van der Waals surface area contributed by atoms with Crippen LogP contribution in [0.1, 0.15) is 44.3 Å². The Morgan fingerprint density at radius 3 is 2.61 bits per heavy atom. The van der Waals surface area contributed by atoms with E-state index in [4.69, 9.17) is 10.7 Å². The van der Waals surface area contributed by atoms with Crippen LogP contribution in [0.15, 0.2) is 18.5 Å². The third kappa shape index (κ3) is 1.81. The van der Waals surface area contributed by atoms with E-state index in [1.165, 1.54) is 25.7 Å². The highest BCUT2D eigenvalue weighted by Crippen LogP contribution is 2.34. The second kappa shape index (κ2) is 4.35. The Morgan fingerprint density at radius 1 is 1.22 bits per heavy atom. The van der Waals surface area contributed by atoms with Gasteiger partial charge in [0.1, 0.15) is 11.3 Å². The largest absolute Gasteiger partial charge is 0.329 e. The normalized spacial score (nSPS) is 19.9. The van der Waals surface area contributed by atoms with Gasteiger partial charge in [-0.2, -0.15) is 0 Å². The highest BCUT2D eigenvalue weighted by atomic mass is 15.1. The number of hydrogen-bond acceptors (Lipinski definition) is 3. The first kappa shape index (κ1) is 11.7. The number of rotatable bonds is 1. The Bertz CT molecular complexity index is 550. The molecule has 0 atom stereocenters. The molecule has 4 nitrogen and oxygen atoms in total. The lowest BCUT2D eigenvalue weighted by atomic mass is 9.90. The molecule has 2 N–H and O–H groups in total. The molecule has 96 valence electrons. The molecule has 0 unspecified atom stereocenters. The minimum atomic E-state index is -0.260. The topological polar surface area (TPSA) is 56.7 Å². The predicted molar refractivity (Wildman–Crippen MR) is 72.1 cm³/mol. The maximum atomic E-state index is 6.64. The van der Waals surface area contributed by atoms with Gasteiger partial charge in [-0.3, -0.25) is 4.98 Å². The number of nitrogens with two attached hydrogens (primary N) is 1. The molecule has 1 aliphatic carbocycles. The van der Waals surface area contributed by atoms with Crippen molar-refractivity contribution >= 4 is 11.0 Å². The van der Waals surface area contributed by atoms with E-state index in [0.717, 1.165) is 29.7 Å². The lowest BCUT2D eigenvalue weighted by molar-refractivity contribution is 0.355. The molecular weight excluding hydrogens is 224 g/mol. The van der Waals surface area contributed by atoms with Gasteiger partial charge < -0.3 is 10.3 Å². The van der Waals surface area contributed by atoms with Crippen LogP contribution in [-0.4, -0.2) is 14.5 Å². The van der Waals surface area contributed by atoms with Gasteiger partial charge in [0.05, 0.1) is 17.3 Å². The lowest BCUT2D eigenvalue weighted by Gasteiger charge is -2.27. The first-order chi connectivity index (χ1) is 8.71. The van der Waals surface area contributed by atoms with E-state index in [2.05, 4.69) is 16.6 Å². The molecule has 0 amide bonds. The maximum Gasteiger partial charge on any atom is 0.129 e. The molecule has 2 heterocycles. The number of aromatic nitrogens is 3. The molecule has 0 aromatic carbocycles. The summed E-state index contributed by atoms with van der Waals surface area (Å²) in [5.41, 5.74) is 8.45. The quantitative estimate of drug-likeness (QED) is 0.784. The van der Waals surface area contributed by atoms with E-state index in [9.17, 15) is 0 Å². The fourth-order valence-corrected chi connectivity index (χ4v) is 3.08. The third-order valence-corrected chi connectivity index (χ3v) is 4.12. The summed E-state index contributed by atoms with van der Waals surface area (Å²) in [5.74, 6) is 1.02. The van der Waals surface area contributed by atoms with E-state index in [1.807, 2.05) is 18.5 Å². The summed E-state index contributed by atoms with van der Waals surface area (Å²) >= 11 is 0. The van der Waals surface area contributed by atoms with Gasteiger partial charge in [0.25, 0.3) is 0 Å². The molecule has 1 saturated carbocycles. The highest BCUT2D eigenvalue weighted by Gasteiger charge is 2.32. The van der Waals surface area contributed by atoms with Crippen molar-refractivity contribution in [2.24, 2.45) is 12.8 Å². The Morgan fingerprint density at radius 2 is 1.94 bits per heavy atom. The summed E-state index contributed by atoms with van der Waals surface area (Å²) in [5, 5.41) is 0. The van der Waals surface area contributed by atoms with Crippen LogP contribution in [-0.2, 0) is 12.6 Å². The number of hydrogen-bond donors (Lipinski definition) is 1. The van der Waals surface area contributed by atoms with Gasteiger partial charge in [-0.05, 0) is 18.9 Å². The van der Waals surface area contributed by atoms with Gasteiger partial charge in [-0.15, -0.1) is 0 Å². The fraction of sp³-hybridized carbons (Fsp3) is 0.571. The van der Waals surface area contributed by atoms with Gasteiger partial charge in [-0.1, -0.05) is 25.7 Å². The number of fused-ring (bicyclic) bond motifs is 1. The van der Waals surface area contributed by atoms with Crippen LogP contribution in [0.3, 0.4) is 0 Å². The van der Waals surface area contributed by atoms with Crippen LogP contribution in [0, 0.1) is 0 Å². The van der Waals surface area contributed by atoms with Gasteiger partial charge >= 0.3 is 0 Å².